The molecule has 0 saturated carbocycles. The summed E-state index contributed by atoms with van der Waals surface area (Å²) in [6, 6.07) is 6.34. The van der Waals surface area contributed by atoms with E-state index < -0.39 is 17.5 Å². The molecule has 1 atom stereocenters. The fourth-order valence-electron chi connectivity index (χ4n) is 3.39. The first-order valence-electron chi connectivity index (χ1n) is 9.43. The number of rotatable bonds is 7. The van der Waals surface area contributed by atoms with Crippen LogP contribution in [0.2, 0.25) is 5.02 Å². The van der Waals surface area contributed by atoms with Crippen molar-refractivity contribution in [2.45, 2.75) is 32.8 Å². The Morgan fingerprint density at radius 3 is 2.48 bits per heavy atom. The lowest BCUT2D eigenvalue weighted by Crippen LogP contribution is -2.36. The third kappa shape index (κ3) is 4.70. The summed E-state index contributed by atoms with van der Waals surface area (Å²) in [7, 11) is 2.91. The summed E-state index contributed by atoms with van der Waals surface area (Å²) < 4.78 is 22.4. The van der Waals surface area contributed by atoms with Crippen molar-refractivity contribution in [3.63, 3.8) is 0 Å². The van der Waals surface area contributed by atoms with Crippen LogP contribution < -0.4 is 18.9 Å². The third-order valence-electron chi connectivity index (χ3n) is 4.80. The van der Waals surface area contributed by atoms with Crippen molar-refractivity contribution in [2.75, 3.05) is 20.8 Å². The SMILES string of the molecule is COc1c(OC(C)=O)c(C)c2c(c1OC)OC(C)(COOC(=O)c1cccc(Cl)c1)C2. The second-order valence-electron chi connectivity index (χ2n) is 7.29. The molecule has 1 heterocycles. The van der Waals surface area contributed by atoms with Crippen molar-refractivity contribution in [1.29, 1.82) is 0 Å². The van der Waals surface area contributed by atoms with Crippen LogP contribution in [0.15, 0.2) is 24.3 Å². The highest BCUT2D eigenvalue weighted by Gasteiger charge is 2.42. The highest BCUT2D eigenvalue weighted by Crippen LogP contribution is 2.54. The first-order valence-corrected chi connectivity index (χ1v) is 9.81. The normalized spacial score (nSPS) is 16.8. The Kier molecular flexibility index (Phi) is 6.62. The van der Waals surface area contributed by atoms with Gasteiger partial charge in [-0.3, -0.25) is 9.68 Å². The van der Waals surface area contributed by atoms with Crippen LogP contribution in [0.5, 0.6) is 23.0 Å². The first kappa shape index (κ1) is 22.7. The number of ether oxygens (including phenoxy) is 4. The van der Waals surface area contributed by atoms with Gasteiger partial charge in [0.15, 0.2) is 11.5 Å². The predicted octanol–water partition coefficient (Wildman–Crippen LogP) is 4.07. The van der Waals surface area contributed by atoms with Gasteiger partial charge in [-0.05, 0) is 32.0 Å². The number of hydrogen-bond donors (Lipinski definition) is 0. The van der Waals surface area contributed by atoms with Crippen molar-refractivity contribution < 1.29 is 38.3 Å². The molecule has 0 radical (unpaired) electrons. The summed E-state index contributed by atoms with van der Waals surface area (Å²) in [5, 5.41) is 0.413. The molecule has 8 nitrogen and oxygen atoms in total. The van der Waals surface area contributed by atoms with Gasteiger partial charge in [-0.15, -0.1) is 0 Å². The molecule has 0 spiro atoms. The number of benzene rings is 2. The second-order valence-corrected chi connectivity index (χ2v) is 7.73. The van der Waals surface area contributed by atoms with E-state index in [0.29, 0.717) is 28.5 Å². The number of halogens is 1. The fourth-order valence-corrected chi connectivity index (χ4v) is 3.58. The minimum absolute atomic E-state index is 0.0538. The number of hydrogen-bond acceptors (Lipinski definition) is 8. The minimum Gasteiger partial charge on any atom is -0.490 e. The van der Waals surface area contributed by atoms with E-state index in [-0.39, 0.29) is 23.7 Å². The van der Waals surface area contributed by atoms with Crippen molar-refractivity contribution >= 4 is 23.5 Å². The molecule has 1 aliphatic heterocycles. The highest BCUT2D eigenvalue weighted by molar-refractivity contribution is 6.30. The zero-order chi connectivity index (χ0) is 22.8. The van der Waals surface area contributed by atoms with Crippen LogP contribution in [0.4, 0.5) is 0 Å². The van der Waals surface area contributed by atoms with Crippen LogP contribution in [-0.4, -0.2) is 38.4 Å². The Labute approximate surface area is 184 Å². The van der Waals surface area contributed by atoms with Crippen molar-refractivity contribution in [3.8, 4) is 23.0 Å². The van der Waals surface area contributed by atoms with Crippen LogP contribution in [0.1, 0.15) is 35.3 Å². The number of carbonyl (C=O) groups is 2. The zero-order valence-corrected chi connectivity index (χ0v) is 18.6. The van der Waals surface area contributed by atoms with Gasteiger partial charge in [-0.25, -0.2) is 4.79 Å². The molecule has 0 fully saturated rings. The van der Waals surface area contributed by atoms with Gasteiger partial charge in [-0.2, -0.15) is 4.89 Å². The average Bonchev–Trinajstić information content (AvgIpc) is 3.07. The van der Waals surface area contributed by atoms with Crippen molar-refractivity contribution in [3.05, 3.63) is 46.0 Å². The van der Waals surface area contributed by atoms with E-state index in [0.717, 1.165) is 5.56 Å². The Balaban J connectivity index is 1.78. The number of methoxy groups -OCH3 is 2. The lowest BCUT2D eigenvalue weighted by Gasteiger charge is -2.23. The molecule has 0 aromatic heterocycles. The van der Waals surface area contributed by atoms with Gasteiger partial charge in [0.05, 0.1) is 19.8 Å². The molecule has 0 N–H and O–H groups in total. The number of esters is 1. The molecule has 1 aliphatic rings. The smallest absolute Gasteiger partial charge is 0.373 e. The van der Waals surface area contributed by atoms with Gasteiger partial charge in [0, 0.05) is 29.5 Å². The van der Waals surface area contributed by atoms with E-state index in [9.17, 15) is 9.59 Å². The van der Waals surface area contributed by atoms with Crippen LogP contribution in [0, 0.1) is 6.92 Å². The summed E-state index contributed by atoms with van der Waals surface area (Å²) >= 11 is 5.89. The number of carbonyl (C=O) groups excluding carboxylic acids is 2. The quantitative estimate of drug-likeness (QED) is 0.270. The molecule has 2 aromatic carbocycles. The second kappa shape index (κ2) is 9.03. The highest BCUT2D eigenvalue weighted by atomic mass is 35.5. The monoisotopic (exact) mass is 450 g/mol. The first-order chi connectivity index (χ1) is 14.7. The lowest BCUT2D eigenvalue weighted by molar-refractivity contribution is -0.262. The van der Waals surface area contributed by atoms with E-state index in [1.165, 1.54) is 27.2 Å². The maximum Gasteiger partial charge on any atom is 0.373 e. The summed E-state index contributed by atoms with van der Waals surface area (Å²) in [5.41, 5.74) is 0.861. The Morgan fingerprint density at radius 1 is 1.16 bits per heavy atom. The fraction of sp³-hybridized carbons (Fsp3) is 0.364. The van der Waals surface area contributed by atoms with Gasteiger partial charge in [0.1, 0.15) is 12.2 Å². The minimum atomic E-state index is -0.866. The van der Waals surface area contributed by atoms with Crippen LogP contribution in [-0.2, 0) is 21.0 Å². The van der Waals surface area contributed by atoms with Crippen molar-refractivity contribution in [1.82, 2.24) is 0 Å². The molecule has 0 amide bonds. The lowest BCUT2D eigenvalue weighted by atomic mass is 9.96. The average molecular weight is 451 g/mol. The predicted molar refractivity (Wildman–Crippen MR) is 111 cm³/mol. The molecule has 1 unspecified atom stereocenters. The molecule has 31 heavy (non-hydrogen) atoms. The van der Waals surface area contributed by atoms with Gasteiger partial charge >= 0.3 is 11.9 Å². The summed E-state index contributed by atoms with van der Waals surface area (Å²) in [5.74, 6) is 0.132. The van der Waals surface area contributed by atoms with Gasteiger partial charge < -0.3 is 18.9 Å². The van der Waals surface area contributed by atoms with E-state index in [1.54, 1.807) is 32.0 Å². The van der Waals surface area contributed by atoms with E-state index in [4.69, 9.17) is 40.3 Å². The maximum atomic E-state index is 12.1. The van der Waals surface area contributed by atoms with E-state index in [1.807, 2.05) is 0 Å². The van der Waals surface area contributed by atoms with Gasteiger partial charge in [0.2, 0.25) is 11.5 Å². The Morgan fingerprint density at radius 2 is 1.87 bits per heavy atom. The van der Waals surface area contributed by atoms with Crippen LogP contribution >= 0.6 is 11.6 Å². The largest absolute Gasteiger partial charge is 0.490 e. The summed E-state index contributed by atoms with van der Waals surface area (Å²) in [6.07, 6.45) is 0.400. The molecule has 9 heteroatoms. The number of fused-ring (bicyclic) bond motifs is 1. The molecule has 3 rings (SSSR count). The standard InChI is InChI=1S/C22H23ClO8/c1-12-16-10-22(3,11-28-31-21(25)14-7-6-8-15(23)9-14)30-18(16)20(27-5)19(26-4)17(12)29-13(2)24/h6-9H,10-11H2,1-5H3. The van der Waals surface area contributed by atoms with Crippen molar-refractivity contribution in [2.24, 2.45) is 0 Å². The molecule has 0 saturated heterocycles. The zero-order valence-electron chi connectivity index (χ0n) is 17.9. The Bertz CT molecular complexity index is 1020. The third-order valence-corrected chi connectivity index (χ3v) is 5.03. The maximum absolute atomic E-state index is 12.1. The molecular weight excluding hydrogens is 428 g/mol. The van der Waals surface area contributed by atoms with Gasteiger partial charge in [0.25, 0.3) is 0 Å². The molecular formula is C22H23ClO8. The van der Waals surface area contributed by atoms with E-state index >= 15 is 0 Å². The summed E-state index contributed by atoms with van der Waals surface area (Å²) in [6.45, 7) is 4.86. The topological polar surface area (TPSA) is 89.5 Å². The Hall–Kier alpha value is -2.97. The van der Waals surface area contributed by atoms with Crippen LogP contribution in [0.25, 0.3) is 0 Å². The molecule has 0 bridgehead atoms. The summed E-state index contributed by atoms with van der Waals surface area (Å²) in [4.78, 5) is 33.8. The molecule has 2 aromatic rings. The van der Waals surface area contributed by atoms with Crippen LogP contribution in [0.3, 0.4) is 0 Å². The molecule has 0 aliphatic carbocycles. The molecule has 166 valence electrons. The van der Waals surface area contributed by atoms with Gasteiger partial charge in [-0.1, -0.05) is 17.7 Å². The van der Waals surface area contributed by atoms with E-state index in [2.05, 4.69) is 0 Å².